The average molecular weight is 216 g/mol. The summed E-state index contributed by atoms with van der Waals surface area (Å²) < 4.78 is 1.99. The normalized spacial score (nSPS) is 20.1. The van der Waals surface area contributed by atoms with E-state index in [-0.39, 0.29) is 5.92 Å². The van der Waals surface area contributed by atoms with Gasteiger partial charge in [0.05, 0.1) is 0 Å². The summed E-state index contributed by atoms with van der Waals surface area (Å²) in [5, 5.41) is 0. The molecule has 0 spiro atoms. The highest BCUT2D eigenvalue weighted by Crippen LogP contribution is 2.20. The molecular formula is C10H20N2OS. The van der Waals surface area contributed by atoms with Crippen molar-refractivity contribution in [3.63, 3.8) is 0 Å². The Morgan fingerprint density at radius 3 is 2.36 bits per heavy atom. The van der Waals surface area contributed by atoms with E-state index >= 15 is 0 Å². The fraction of sp³-hybridized carbons (Fsp3) is 0.900. The van der Waals surface area contributed by atoms with Crippen LogP contribution in [0.5, 0.6) is 0 Å². The molecule has 0 aromatic rings. The SMILES string of the molecule is CC(C)N(C)C(=O)C1CCN(S)CC1. The number of hydrogen-bond acceptors (Lipinski definition) is 3. The van der Waals surface area contributed by atoms with Gasteiger partial charge in [-0.25, -0.2) is 0 Å². The van der Waals surface area contributed by atoms with Crippen molar-refractivity contribution in [2.45, 2.75) is 32.7 Å². The van der Waals surface area contributed by atoms with Gasteiger partial charge in [-0.05, 0) is 26.7 Å². The van der Waals surface area contributed by atoms with E-state index in [1.54, 1.807) is 0 Å². The minimum Gasteiger partial charge on any atom is -0.343 e. The molecule has 1 aliphatic rings. The fourth-order valence-corrected chi connectivity index (χ4v) is 1.89. The van der Waals surface area contributed by atoms with Gasteiger partial charge in [0.1, 0.15) is 0 Å². The van der Waals surface area contributed by atoms with Crippen LogP contribution in [0.4, 0.5) is 0 Å². The minimum atomic E-state index is 0.214. The van der Waals surface area contributed by atoms with Crippen LogP contribution in [0.25, 0.3) is 0 Å². The molecule has 3 nitrogen and oxygen atoms in total. The lowest BCUT2D eigenvalue weighted by Gasteiger charge is -2.31. The van der Waals surface area contributed by atoms with E-state index in [9.17, 15) is 4.79 Å². The Balaban J connectivity index is 2.45. The van der Waals surface area contributed by atoms with E-state index in [2.05, 4.69) is 12.8 Å². The van der Waals surface area contributed by atoms with Gasteiger partial charge in [-0.15, -0.1) is 0 Å². The quantitative estimate of drug-likeness (QED) is 0.706. The maximum absolute atomic E-state index is 11.9. The molecule has 0 atom stereocenters. The number of hydrogen-bond donors (Lipinski definition) is 1. The van der Waals surface area contributed by atoms with Gasteiger partial charge in [-0.3, -0.25) is 9.10 Å². The third-order valence-corrected chi connectivity index (χ3v) is 3.34. The van der Waals surface area contributed by atoms with Crippen LogP contribution in [-0.2, 0) is 4.79 Å². The van der Waals surface area contributed by atoms with Gasteiger partial charge >= 0.3 is 0 Å². The number of amides is 1. The third-order valence-electron chi connectivity index (χ3n) is 2.94. The van der Waals surface area contributed by atoms with Crippen LogP contribution < -0.4 is 0 Å². The van der Waals surface area contributed by atoms with E-state index in [0.717, 1.165) is 25.9 Å². The van der Waals surface area contributed by atoms with Gasteiger partial charge in [-0.1, -0.05) is 12.8 Å². The summed E-state index contributed by atoms with van der Waals surface area (Å²) in [6.45, 7) is 5.94. The van der Waals surface area contributed by atoms with Crippen LogP contribution in [0.1, 0.15) is 26.7 Å². The Bertz CT molecular complexity index is 200. The molecule has 1 saturated heterocycles. The van der Waals surface area contributed by atoms with Gasteiger partial charge in [0.25, 0.3) is 0 Å². The summed E-state index contributed by atoms with van der Waals surface area (Å²) in [5.41, 5.74) is 0. The van der Waals surface area contributed by atoms with Gasteiger partial charge in [-0.2, -0.15) is 0 Å². The van der Waals surface area contributed by atoms with Crippen LogP contribution in [0.15, 0.2) is 0 Å². The van der Waals surface area contributed by atoms with E-state index in [0.29, 0.717) is 11.9 Å². The van der Waals surface area contributed by atoms with E-state index in [1.165, 1.54) is 0 Å². The highest BCUT2D eigenvalue weighted by Gasteiger charge is 2.26. The second kappa shape index (κ2) is 5.03. The summed E-state index contributed by atoms with van der Waals surface area (Å²) in [4.78, 5) is 13.8. The maximum Gasteiger partial charge on any atom is 0.225 e. The molecule has 0 N–H and O–H groups in total. The molecule has 1 fully saturated rings. The van der Waals surface area contributed by atoms with Crippen molar-refractivity contribution in [3.05, 3.63) is 0 Å². The third kappa shape index (κ3) is 2.89. The Morgan fingerprint density at radius 1 is 1.43 bits per heavy atom. The van der Waals surface area contributed by atoms with Crippen molar-refractivity contribution in [1.82, 2.24) is 9.21 Å². The number of carbonyl (C=O) groups is 1. The van der Waals surface area contributed by atoms with E-state index in [1.807, 2.05) is 30.1 Å². The van der Waals surface area contributed by atoms with Gasteiger partial charge in [0.2, 0.25) is 5.91 Å². The van der Waals surface area contributed by atoms with Crippen molar-refractivity contribution in [1.29, 1.82) is 0 Å². The van der Waals surface area contributed by atoms with Gasteiger partial charge in [0.15, 0.2) is 0 Å². The summed E-state index contributed by atoms with van der Waals surface area (Å²) >= 11 is 4.27. The molecule has 0 unspecified atom stereocenters. The molecule has 0 saturated carbocycles. The number of carbonyl (C=O) groups excluding carboxylic acids is 1. The molecule has 1 rings (SSSR count). The summed E-state index contributed by atoms with van der Waals surface area (Å²) in [5.74, 6) is 0.507. The van der Waals surface area contributed by atoms with Crippen LogP contribution in [-0.4, -0.2) is 41.3 Å². The number of thiol groups is 1. The zero-order chi connectivity index (χ0) is 10.7. The Kier molecular flexibility index (Phi) is 4.26. The Labute approximate surface area is 92.0 Å². The predicted molar refractivity (Wildman–Crippen MR) is 61.2 cm³/mol. The molecule has 1 heterocycles. The van der Waals surface area contributed by atoms with Crippen molar-refractivity contribution in [2.24, 2.45) is 5.92 Å². The Morgan fingerprint density at radius 2 is 1.93 bits per heavy atom. The standard InChI is InChI=1S/C10H20N2OS/c1-8(2)11(3)10(13)9-4-6-12(14)7-5-9/h8-9,14H,4-7H2,1-3H3. The first kappa shape index (κ1) is 11.9. The molecule has 0 aromatic heterocycles. The molecule has 1 aliphatic heterocycles. The zero-order valence-electron chi connectivity index (χ0n) is 9.23. The van der Waals surface area contributed by atoms with Crippen molar-refractivity contribution in [2.75, 3.05) is 20.1 Å². The topological polar surface area (TPSA) is 23.6 Å². The lowest BCUT2D eigenvalue weighted by molar-refractivity contribution is -0.136. The number of nitrogens with zero attached hydrogens (tertiary/aromatic N) is 2. The number of piperidine rings is 1. The first-order valence-electron chi connectivity index (χ1n) is 5.23. The summed E-state index contributed by atoms with van der Waals surface area (Å²) in [7, 11) is 1.89. The predicted octanol–water partition coefficient (Wildman–Crippen LogP) is 1.41. The van der Waals surface area contributed by atoms with Crippen LogP contribution in [0, 0.1) is 5.92 Å². The van der Waals surface area contributed by atoms with E-state index < -0.39 is 0 Å². The first-order chi connectivity index (χ1) is 6.52. The van der Waals surface area contributed by atoms with Crippen LogP contribution in [0.2, 0.25) is 0 Å². The van der Waals surface area contributed by atoms with Gasteiger partial charge in [0, 0.05) is 32.1 Å². The molecule has 0 radical (unpaired) electrons. The fourth-order valence-electron chi connectivity index (χ4n) is 1.66. The largest absolute Gasteiger partial charge is 0.343 e. The van der Waals surface area contributed by atoms with Crippen molar-refractivity contribution < 1.29 is 4.79 Å². The van der Waals surface area contributed by atoms with Crippen molar-refractivity contribution in [3.8, 4) is 0 Å². The molecular weight excluding hydrogens is 196 g/mol. The summed E-state index contributed by atoms with van der Waals surface area (Å²) in [6.07, 6.45) is 1.89. The second-order valence-corrected chi connectivity index (χ2v) is 4.84. The van der Waals surface area contributed by atoms with Crippen LogP contribution in [0.3, 0.4) is 0 Å². The molecule has 14 heavy (non-hydrogen) atoms. The first-order valence-corrected chi connectivity index (χ1v) is 5.63. The highest BCUT2D eigenvalue weighted by atomic mass is 32.1. The Hall–Kier alpha value is -0.220. The lowest BCUT2D eigenvalue weighted by Crippen LogP contribution is -2.41. The molecule has 82 valence electrons. The minimum absolute atomic E-state index is 0.214. The highest BCUT2D eigenvalue weighted by molar-refractivity contribution is 7.77. The average Bonchev–Trinajstić information content (AvgIpc) is 2.16. The van der Waals surface area contributed by atoms with E-state index in [4.69, 9.17) is 0 Å². The zero-order valence-corrected chi connectivity index (χ0v) is 10.1. The molecule has 1 amide bonds. The van der Waals surface area contributed by atoms with Gasteiger partial charge < -0.3 is 4.90 Å². The molecule has 4 heteroatoms. The monoisotopic (exact) mass is 216 g/mol. The summed E-state index contributed by atoms with van der Waals surface area (Å²) in [6, 6.07) is 0.302. The molecule has 0 bridgehead atoms. The molecule has 0 aromatic carbocycles. The van der Waals surface area contributed by atoms with Crippen molar-refractivity contribution >= 4 is 18.7 Å². The molecule has 0 aliphatic carbocycles. The maximum atomic E-state index is 11.9. The lowest BCUT2D eigenvalue weighted by atomic mass is 9.96. The smallest absolute Gasteiger partial charge is 0.225 e. The second-order valence-electron chi connectivity index (χ2n) is 4.27. The van der Waals surface area contributed by atoms with Crippen LogP contribution >= 0.6 is 12.8 Å². The number of rotatable bonds is 2.